The number of anilines is 1. The number of nitrogens with zero attached hydrogens (tertiary/aromatic N) is 3. The van der Waals surface area contributed by atoms with E-state index in [0.29, 0.717) is 24.7 Å². The first kappa shape index (κ1) is 24.2. The predicted octanol–water partition coefficient (Wildman–Crippen LogP) is 3.35. The summed E-state index contributed by atoms with van der Waals surface area (Å²) in [5, 5.41) is 10.1. The van der Waals surface area contributed by atoms with Crippen molar-refractivity contribution in [2.24, 2.45) is 5.92 Å². The van der Waals surface area contributed by atoms with Gasteiger partial charge < -0.3 is 9.84 Å². The number of ketones is 1. The third kappa shape index (κ3) is 4.97. The molecule has 0 radical (unpaired) electrons. The van der Waals surface area contributed by atoms with E-state index in [-0.39, 0.29) is 52.5 Å². The van der Waals surface area contributed by atoms with Crippen LogP contribution >= 0.6 is 23.2 Å². The minimum absolute atomic E-state index is 0.0708. The first-order chi connectivity index (χ1) is 15.7. The number of hydrogen-bond donors (Lipinski definition) is 1. The van der Waals surface area contributed by atoms with Gasteiger partial charge in [0.05, 0.1) is 40.9 Å². The smallest absolute Gasteiger partial charge is 0.305 e. The minimum Gasteiger partial charge on any atom is -0.482 e. The summed E-state index contributed by atoms with van der Waals surface area (Å²) in [6, 6.07) is 7.98. The number of aliphatic hydroxyl groups excluding tert-OH is 1. The van der Waals surface area contributed by atoms with Gasteiger partial charge in [0.2, 0.25) is 0 Å². The molecule has 2 aliphatic heterocycles. The van der Waals surface area contributed by atoms with Gasteiger partial charge in [0.1, 0.15) is 6.10 Å². The highest BCUT2D eigenvalue weighted by Gasteiger charge is 2.39. The molecule has 33 heavy (non-hydrogen) atoms. The molecule has 3 heterocycles. The van der Waals surface area contributed by atoms with Gasteiger partial charge in [-0.05, 0) is 43.0 Å². The van der Waals surface area contributed by atoms with Crippen molar-refractivity contribution in [2.75, 3.05) is 30.5 Å². The third-order valence-electron chi connectivity index (χ3n) is 5.93. The number of halogens is 2. The Bertz CT molecular complexity index is 1130. The Morgan fingerprint density at radius 2 is 1.85 bits per heavy atom. The van der Waals surface area contributed by atoms with Crippen molar-refractivity contribution in [2.45, 2.75) is 32.3 Å². The largest absolute Gasteiger partial charge is 0.482 e. The standard InChI is InChI=1S/C22H25Cl2N3O5S/c1-14-7-9-26(10-8-14)33(30,31)27-12-16(13-28)32-20-6-5-15(25-22(20)27)11-19(29)21-17(23)3-2-4-18(21)24/h2-6,14,16,28H,7-13H2,1H3/t16-/m1/s1. The number of fused-ring (bicyclic) bond motifs is 1. The molecule has 0 bridgehead atoms. The highest BCUT2D eigenvalue weighted by molar-refractivity contribution is 7.90. The van der Waals surface area contributed by atoms with E-state index in [1.807, 2.05) is 0 Å². The molecule has 1 aromatic carbocycles. The van der Waals surface area contributed by atoms with Gasteiger partial charge in [-0.2, -0.15) is 12.7 Å². The highest BCUT2D eigenvalue weighted by atomic mass is 35.5. The van der Waals surface area contributed by atoms with Crippen LogP contribution in [0.5, 0.6) is 5.75 Å². The maximum absolute atomic E-state index is 13.5. The molecule has 11 heteroatoms. The number of Topliss-reactive ketones (excluding diaryl/α,β-unsaturated/α-hetero) is 1. The van der Waals surface area contributed by atoms with Crippen LogP contribution in [-0.4, -0.2) is 60.9 Å². The Balaban J connectivity index is 1.66. The number of rotatable bonds is 6. The van der Waals surface area contributed by atoms with Gasteiger partial charge in [-0.1, -0.05) is 36.2 Å². The number of aliphatic hydroxyl groups is 1. The average molecular weight is 514 g/mol. The van der Waals surface area contributed by atoms with Crippen molar-refractivity contribution >= 4 is 45.0 Å². The molecule has 178 valence electrons. The summed E-state index contributed by atoms with van der Waals surface area (Å²) in [5.74, 6) is 0.475. The van der Waals surface area contributed by atoms with Crippen LogP contribution in [-0.2, 0) is 16.6 Å². The summed E-state index contributed by atoms with van der Waals surface area (Å²) in [4.78, 5) is 17.3. The Hall–Kier alpha value is -1.91. The summed E-state index contributed by atoms with van der Waals surface area (Å²) < 4.78 is 35.3. The lowest BCUT2D eigenvalue weighted by atomic mass is 10.0. The van der Waals surface area contributed by atoms with Crippen LogP contribution in [0.4, 0.5) is 5.82 Å². The molecule has 0 saturated carbocycles. The van der Waals surface area contributed by atoms with Crippen LogP contribution in [0.15, 0.2) is 30.3 Å². The van der Waals surface area contributed by atoms with Crippen molar-refractivity contribution in [3.05, 3.63) is 51.6 Å². The average Bonchev–Trinajstić information content (AvgIpc) is 2.78. The molecule has 0 spiro atoms. The van der Waals surface area contributed by atoms with Gasteiger partial charge in [0, 0.05) is 13.1 Å². The summed E-state index contributed by atoms with van der Waals surface area (Å²) in [6.45, 7) is 2.53. The first-order valence-corrected chi connectivity index (χ1v) is 12.9. The zero-order valence-corrected chi connectivity index (χ0v) is 20.4. The summed E-state index contributed by atoms with van der Waals surface area (Å²) in [6.07, 6.45) is 0.725. The molecule has 0 aliphatic carbocycles. The van der Waals surface area contributed by atoms with E-state index < -0.39 is 16.3 Å². The van der Waals surface area contributed by atoms with E-state index in [4.69, 9.17) is 27.9 Å². The molecular formula is C22H25Cl2N3O5S. The number of benzene rings is 1. The lowest BCUT2D eigenvalue weighted by Gasteiger charge is -2.38. The summed E-state index contributed by atoms with van der Waals surface area (Å²) in [7, 11) is -3.89. The van der Waals surface area contributed by atoms with Crippen LogP contribution in [0.3, 0.4) is 0 Å². The number of aromatic nitrogens is 1. The van der Waals surface area contributed by atoms with E-state index in [0.717, 1.165) is 12.8 Å². The van der Waals surface area contributed by atoms with Gasteiger partial charge >= 0.3 is 10.2 Å². The van der Waals surface area contributed by atoms with Crippen LogP contribution in [0.2, 0.25) is 10.0 Å². The number of piperidine rings is 1. The zero-order chi connectivity index (χ0) is 23.8. The molecule has 4 rings (SSSR count). The van der Waals surface area contributed by atoms with Crippen LogP contribution in [0.1, 0.15) is 35.8 Å². The van der Waals surface area contributed by atoms with Crippen molar-refractivity contribution in [1.82, 2.24) is 9.29 Å². The normalized spacial score (nSPS) is 19.8. The second-order valence-corrected chi connectivity index (χ2v) is 11.0. The molecule has 1 fully saturated rings. The molecule has 0 unspecified atom stereocenters. The lowest BCUT2D eigenvalue weighted by molar-refractivity contribution is 0.0991. The van der Waals surface area contributed by atoms with Crippen molar-refractivity contribution < 1.29 is 23.1 Å². The van der Waals surface area contributed by atoms with E-state index >= 15 is 0 Å². The molecule has 2 aromatic rings. The van der Waals surface area contributed by atoms with E-state index in [1.165, 1.54) is 8.61 Å². The molecule has 1 N–H and O–H groups in total. The van der Waals surface area contributed by atoms with E-state index in [1.54, 1.807) is 30.3 Å². The minimum atomic E-state index is -3.89. The fraction of sp³-hybridized carbons (Fsp3) is 0.455. The second kappa shape index (κ2) is 9.76. The van der Waals surface area contributed by atoms with Crippen molar-refractivity contribution in [3.8, 4) is 5.75 Å². The number of pyridine rings is 1. The van der Waals surface area contributed by atoms with Crippen molar-refractivity contribution in [3.63, 3.8) is 0 Å². The number of ether oxygens (including phenoxy) is 1. The topological polar surface area (TPSA) is 100 Å². The van der Waals surface area contributed by atoms with Crippen LogP contribution < -0.4 is 9.04 Å². The molecule has 0 amide bonds. The second-order valence-electron chi connectivity index (χ2n) is 8.36. The van der Waals surface area contributed by atoms with Crippen LogP contribution in [0.25, 0.3) is 0 Å². The first-order valence-electron chi connectivity index (χ1n) is 10.7. The van der Waals surface area contributed by atoms with Crippen LogP contribution in [0, 0.1) is 5.92 Å². The maximum Gasteiger partial charge on any atom is 0.305 e. The fourth-order valence-electron chi connectivity index (χ4n) is 4.00. The maximum atomic E-state index is 13.5. The molecule has 1 aromatic heterocycles. The summed E-state index contributed by atoms with van der Waals surface area (Å²) in [5.41, 5.74) is 0.553. The molecular weight excluding hydrogens is 489 g/mol. The predicted molar refractivity (Wildman–Crippen MR) is 126 cm³/mol. The Labute approximate surface area is 203 Å². The zero-order valence-electron chi connectivity index (χ0n) is 18.1. The lowest BCUT2D eigenvalue weighted by Crippen LogP contribution is -2.52. The van der Waals surface area contributed by atoms with Gasteiger partial charge in [-0.15, -0.1) is 0 Å². The molecule has 2 aliphatic rings. The Morgan fingerprint density at radius 3 is 2.48 bits per heavy atom. The van der Waals surface area contributed by atoms with E-state index in [2.05, 4.69) is 11.9 Å². The third-order valence-corrected chi connectivity index (χ3v) is 8.46. The highest BCUT2D eigenvalue weighted by Crippen LogP contribution is 2.36. The monoisotopic (exact) mass is 513 g/mol. The van der Waals surface area contributed by atoms with Crippen molar-refractivity contribution in [1.29, 1.82) is 0 Å². The summed E-state index contributed by atoms with van der Waals surface area (Å²) >= 11 is 12.3. The molecule has 8 nitrogen and oxygen atoms in total. The number of hydrogen-bond acceptors (Lipinski definition) is 6. The van der Waals surface area contributed by atoms with E-state index in [9.17, 15) is 18.3 Å². The molecule has 1 saturated heterocycles. The Kier molecular flexibility index (Phi) is 7.16. The number of carbonyl (C=O) groups excluding carboxylic acids is 1. The van der Waals surface area contributed by atoms with Gasteiger partial charge in [0.25, 0.3) is 0 Å². The quantitative estimate of drug-likeness (QED) is 0.594. The fourth-order valence-corrected chi connectivity index (χ4v) is 6.27. The van der Waals surface area contributed by atoms with Gasteiger partial charge in [0.15, 0.2) is 17.4 Å². The van der Waals surface area contributed by atoms with Gasteiger partial charge in [-0.25, -0.2) is 9.29 Å². The molecule has 1 atom stereocenters. The number of carbonyl (C=O) groups is 1. The SMILES string of the molecule is CC1CCN(S(=O)(=O)N2C[C@H](CO)Oc3ccc(CC(=O)c4c(Cl)cccc4Cl)nc32)CC1. The van der Waals surface area contributed by atoms with Gasteiger partial charge in [-0.3, -0.25) is 4.79 Å². The Morgan fingerprint density at radius 1 is 1.18 bits per heavy atom.